The lowest BCUT2D eigenvalue weighted by Crippen LogP contribution is -2.03. The van der Waals surface area contributed by atoms with Gasteiger partial charge in [0, 0.05) is 22.8 Å². The number of benzene rings is 1. The Morgan fingerprint density at radius 1 is 1.50 bits per heavy atom. The standard InChI is InChI=1S/C11H13ClOS/c1-8-9(4-3-5-10(8)12)11(13)6-7-14-2/h3-5H,6-7H2,1-2H3. The van der Waals surface area contributed by atoms with Crippen molar-refractivity contribution in [2.45, 2.75) is 13.3 Å². The molecule has 0 saturated heterocycles. The van der Waals surface area contributed by atoms with Gasteiger partial charge in [-0.1, -0.05) is 23.7 Å². The molecule has 1 nitrogen and oxygen atoms in total. The van der Waals surface area contributed by atoms with Crippen molar-refractivity contribution in [3.05, 3.63) is 34.3 Å². The van der Waals surface area contributed by atoms with Gasteiger partial charge in [0.25, 0.3) is 0 Å². The van der Waals surface area contributed by atoms with Gasteiger partial charge in [0.1, 0.15) is 0 Å². The first-order valence-corrected chi connectivity index (χ1v) is 6.21. The SMILES string of the molecule is CSCCC(=O)c1cccc(Cl)c1C. The van der Waals surface area contributed by atoms with Crippen LogP contribution in [0.1, 0.15) is 22.3 Å². The average molecular weight is 229 g/mol. The van der Waals surface area contributed by atoms with Crippen LogP contribution in [0.5, 0.6) is 0 Å². The van der Waals surface area contributed by atoms with Crippen molar-refractivity contribution in [1.82, 2.24) is 0 Å². The molecule has 0 fully saturated rings. The number of rotatable bonds is 4. The van der Waals surface area contributed by atoms with Gasteiger partial charge in [-0.3, -0.25) is 4.79 Å². The number of carbonyl (C=O) groups excluding carboxylic acids is 1. The molecule has 1 rings (SSSR count). The topological polar surface area (TPSA) is 17.1 Å². The monoisotopic (exact) mass is 228 g/mol. The molecule has 14 heavy (non-hydrogen) atoms. The molecule has 0 aliphatic heterocycles. The summed E-state index contributed by atoms with van der Waals surface area (Å²) in [5.74, 6) is 1.05. The van der Waals surface area contributed by atoms with E-state index in [9.17, 15) is 4.79 Å². The molecule has 0 radical (unpaired) electrons. The largest absolute Gasteiger partial charge is 0.294 e. The Labute approximate surface area is 93.8 Å². The van der Waals surface area contributed by atoms with E-state index in [1.54, 1.807) is 11.8 Å². The number of thioether (sulfide) groups is 1. The van der Waals surface area contributed by atoms with Gasteiger partial charge in [0.2, 0.25) is 0 Å². The fraction of sp³-hybridized carbons (Fsp3) is 0.364. The molecule has 0 N–H and O–H groups in total. The molecule has 0 bridgehead atoms. The van der Waals surface area contributed by atoms with Gasteiger partial charge in [-0.2, -0.15) is 11.8 Å². The van der Waals surface area contributed by atoms with E-state index < -0.39 is 0 Å². The van der Waals surface area contributed by atoms with E-state index in [-0.39, 0.29) is 5.78 Å². The molecular weight excluding hydrogens is 216 g/mol. The first-order valence-electron chi connectivity index (χ1n) is 4.44. The highest BCUT2D eigenvalue weighted by atomic mass is 35.5. The summed E-state index contributed by atoms with van der Waals surface area (Å²) in [5, 5.41) is 0.667. The molecule has 1 aromatic rings. The number of hydrogen-bond acceptors (Lipinski definition) is 2. The van der Waals surface area contributed by atoms with Crippen LogP contribution in [-0.4, -0.2) is 17.8 Å². The molecule has 0 atom stereocenters. The summed E-state index contributed by atoms with van der Waals surface area (Å²) in [7, 11) is 0. The van der Waals surface area contributed by atoms with Crippen LogP contribution in [-0.2, 0) is 0 Å². The first kappa shape index (κ1) is 11.6. The summed E-state index contributed by atoms with van der Waals surface area (Å²) in [6.07, 6.45) is 2.58. The van der Waals surface area contributed by atoms with Gasteiger partial charge in [0.05, 0.1) is 0 Å². The predicted octanol–water partition coefficient (Wildman–Crippen LogP) is 3.58. The summed E-state index contributed by atoms with van der Waals surface area (Å²) >= 11 is 7.62. The van der Waals surface area contributed by atoms with Crippen molar-refractivity contribution < 1.29 is 4.79 Å². The molecule has 76 valence electrons. The molecule has 1 aromatic carbocycles. The molecule has 0 amide bonds. The van der Waals surface area contributed by atoms with Crippen LogP contribution in [0.2, 0.25) is 5.02 Å². The molecular formula is C11H13ClOS. The summed E-state index contributed by atoms with van der Waals surface area (Å²) in [6, 6.07) is 5.47. The average Bonchev–Trinajstić information content (AvgIpc) is 2.18. The number of halogens is 1. The fourth-order valence-corrected chi connectivity index (χ4v) is 1.80. The van der Waals surface area contributed by atoms with Crippen molar-refractivity contribution >= 4 is 29.1 Å². The molecule has 0 saturated carbocycles. The van der Waals surface area contributed by atoms with Gasteiger partial charge < -0.3 is 0 Å². The van der Waals surface area contributed by atoms with Gasteiger partial charge in [-0.25, -0.2) is 0 Å². The fourth-order valence-electron chi connectivity index (χ4n) is 1.24. The van der Waals surface area contributed by atoms with E-state index in [2.05, 4.69) is 0 Å². The highest BCUT2D eigenvalue weighted by molar-refractivity contribution is 7.98. The van der Waals surface area contributed by atoms with E-state index in [0.717, 1.165) is 16.9 Å². The zero-order valence-electron chi connectivity index (χ0n) is 8.34. The van der Waals surface area contributed by atoms with Crippen LogP contribution in [0.3, 0.4) is 0 Å². The van der Waals surface area contributed by atoms with Gasteiger partial charge >= 0.3 is 0 Å². The van der Waals surface area contributed by atoms with Crippen molar-refractivity contribution in [2.75, 3.05) is 12.0 Å². The van der Waals surface area contributed by atoms with Crippen LogP contribution in [0.15, 0.2) is 18.2 Å². The molecule has 0 spiro atoms. The minimum Gasteiger partial charge on any atom is -0.294 e. The summed E-state index contributed by atoms with van der Waals surface area (Å²) < 4.78 is 0. The Hall–Kier alpha value is -0.470. The molecule has 0 aliphatic carbocycles. The lowest BCUT2D eigenvalue weighted by Gasteiger charge is -2.05. The first-order chi connectivity index (χ1) is 6.66. The van der Waals surface area contributed by atoms with E-state index in [1.807, 2.05) is 31.4 Å². The van der Waals surface area contributed by atoms with Crippen molar-refractivity contribution in [2.24, 2.45) is 0 Å². The lowest BCUT2D eigenvalue weighted by atomic mass is 10.0. The van der Waals surface area contributed by atoms with Gasteiger partial charge in [0.15, 0.2) is 5.78 Å². The third-order valence-electron chi connectivity index (χ3n) is 2.10. The highest BCUT2D eigenvalue weighted by Gasteiger charge is 2.09. The van der Waals surface area contributed by atoms with Crippen LogP contribution in [0.25, 0.3) is 0 Å². The quantitative estimate of drug-likeness (QED) is 0.733. The minimum atomic E-state index is 0.180. The van der Waals surface area contributed by atoms with Crippen LogP contribution in [0.4, 0.5) is 0 Å². The van der Waals surface area contributed by atoms with E-state index in [0.29, 0.717) is 11.4 Å². The van der Waals surface area contributed by atoms with E-state index in [4.69, 9.17) is 11.6 Å². The Kier molecular flexibility index (Phi) is 4.49. The van der Waals surface area contributed by atoms with Crippen LogP contribution in [0, 0.1) is 6.92 Å². The van der Waals surface area contributed by atoms with Crippen LogP contribution >= 0.6 is 23.4 Å². The van der Waals surface area contributed by atoms with Gasteiger partial charge in [-0.15, -0.1) is 0 Å². The van der Waals surface area contributed by atoms with Gasteiger partial charge in [-0.05, 0) is 24.8 Å². The molecule has 0 aliphatic rings. The Morgan fingerprint density at radius 3 is 2.86 bits per heavy atom. The third-order valence-corrected chi connectivity index (χ3v) is 3.12. The smallest absolute Gasteiger partial charge is 0.164 e. The number of ketones is 1. The summed E-state index contributed by atoms with van der Waals surface area (Å²) in [4.78, 5) is 11.7. The molecule has 0 aromatic heterocycles. The maximum Gasteiger partial charge on any atom is 0.164 e. The second-order valence-electron chi connectivity index (χ2n) is 3.08. The van der Waals surface area contributed by atoms with Crippen molar-refractivity contribution in [3.8, 4) is 0 Å². The Bertz CT molecular complexity index is 336. The maximum absolute atomic E-state index is 11.7. The normalized spacial score (nSPS) is 10.2. The van der Waals surface area contributed by atoms with Crippen molar-refractivity contribution in [3.63, 3.8) is 0 Å². The zero-order valence-corrected chi connectivity index (χ0v) is 9.91. The minimum absolute atomic E-state index is 0.180. The zero-order chi connectivity index (χ0) is 10.6. The number of Topliss-reactive ketones (excluding diaryl/α,β-unsaturated/α-hetero) is 1. The number of carbonyl (C=O) groups is 1. The van der Waals surface area contributed by atoms with Crippen LogP contribution < -0.4 is 0 Å². The van der Waals surface area contributed by atoms with Crippen molar-refractivity contribution in [1.29, 1.82) is 0 Å². The Morgan fingerprint density at radius 2 is 2.21 bits per heavy atom. The second kappa shape index (κ2) is 5.42. The molecule has 0 unspecified atom stereocenters. The lowest BCUT2D eigenvalue weighted by molar-refractivity contribution is 0.0989. The molecule has 0 heterocycles. The third kappa shape index (κ3) is 2.76. The predicted molar refractivity (Wildman–Crippen MR) is 63.5 cm³/mol. The Balaban J connectivity index is 2.84. The molecule has 3 heteroatoms. The van der Waals surface area contributed by atoms with E-state index >= 15 is 0 Å². The number of hydrogen-bond donors (Lipinski definition) is 0. The summed E-state index contributed by atoms with van der Waals surface area (Å²) in [5.41, 5.74) is 1.65. The van der Waals surface area contributed by atoms with E-state index in [1.165, 1.54) is 0 Å². The summed E-state index contributed by atoms with van der Waals surface area (Å²) in [6.45, 7) is 1.88. The maximum atomic E-state index is 11.7. The second-order valence-corrected chi connectivity index (χ2v) is 4.47. The highest BCUT2D eigenvalue weighted by Crippen LogP contribution is 2.20.